The number of nitrogens with two attached hydrogens (primary N) is 1. The summed E-state index contributed by atoms with van der Waals surface area (Å²) >= 11 is 1.31. The minimum Gasteiger partial charge on any atom is -0.321 e. The number of rotatable bonds is 4. The quantitative estimate of drug-likeness (QED) is 0.896. The predicted octanol–water partition coefficient (Wildman–Crippen LogP) is 1.91. The Labute approximate surface area is 127 Å². The van der Waals surface area contributed by atoms with Crippen molar-refractivity contribution in [3.05, 3.63) is 39.8 Å². The molecule has 0 fully saturated rings. The Bertz CT molecular complexity index is 782. The minimum atomic E-state index is -3.82. The molecule has 0 saturated carbocycles. The van der Waals surface area contributed by atoms with Crippen LogP contribution in [0.2, 0.25) is 0 Å². The summed E-state index contributed by atoms with van der Waals surface area (Å²) in [6, 6.07) is 4.58. The highest BCUT2D eigenvalue weighted by molar-refractivity contribution is 7.89. The molecule has 112 valence electrons. The monoisotopic (exact) mass is 325 g/mol. The summed E-state index contributed by atoms with van der Waals surface area (Å²) < 4.78 is 22.9. The van der Waals surface area contributed by atoms with E-state index in [1.807, 2.05) is 6.92 Å². The van der Waals surface area contributed by atoms with Crippen molar-refractivity contribution >= 4 is 33.0 Å². The van der Waals surface area contributed by atoms with Gasteiger partial charge in [-0.2, -0.15) is 0 Å². The lowest BCUT2D eigenvalue weighted by atomic mass is 10.2. The number of thiazole rings is 1. The predicted molar refractivity (Wildman–Crippen MR) is 82.0 cm³/mol. The molecule has 2 aromatic rings. The van der Waals surface area contributed by atoms with Crippen LogP contribution in [-0.2, 0) is 16.4 Å². The van der Waals surface area contributed by atoms with E-state index in [2.05, 4.69) is 10.3 Å². The van der Waals surface area contributed by atoms with Gasteiger partial charge in [0, 0.05) is 5.69 Å². The smallest absolute Gasteiger partial charge is 0.267 e. The zero-order valence-electron chi connectivity index (χ0n) is 11.6. The Morgan fingerprint density at radius 1 is 1.43 bits per heavy atom. The standard InChI is InChI=1S/C13H15N3O3S2/c1-3-12-15-7-10(20-12)13(17)16-9-5-4-8(2)11(6-9)21(14,18)19/h4-7H,3H2,1-2H3,(H,16,17)(H2,14,18,19). The van der Waals surface area contributed by atoms with Crippen molar-refractivity contribution in [1.82, 2.24) is 4.98 Å². The molecule has 0 aliphatic rings. The van der Waals surface area contributed by atoms with Gasteiger partial charge in [0.25, 0.3) is 5.91 Å². The Morgan fingerprint density at radius 3 is 2.71 bits per heavy atom. The second-order valence-corrected chi connectivity index (χ2v) is 7.10. The van der Waals surface area contributed by atoms with Crippen molar-refractivity contribution in [3.63, 3.8) is 0 Å². The van der Waals surface area contributed by atoms with E-state index in [1.165, 1.54) is 23.6 Å². The zero-order valence-corrected chi connectivity index (χ0v) is 13.2. The van der Waals surface area contributed by atoms with Crippen molar-refractivity contribution in [2.45, 2.75) is 25.2 Å². The van der Waals surface area contributed by atoms with Gasteiger partial charge in [-0.25, -0.2) is 18.5 Å². The minimum absolute atomic E-state index is 0.00106. The number of hydrogen-bond donors (Lipinski definition) is 2. The molecule has 0 aliphatic heterocycles. The van der Waals surface area contributed by atoms with Gasteiger partial charge in [0.05, 0.1) is 16.1 Å². The Morgan fingerprint density at radius 2 is 2.14 bits per heavy atom. The number of amides is 1. The largest absolute Gasteiger partial charge is 0.321 e. The maximum atomic E-state index is 12.1. The molecule has 3 N–H and O–H groups in total. The Balaban J connectivity index is 2.26. The van der Waals surface area contributed by atoms with E-state index in [0.29, 0.717) is 16.1 Å². The number of anilines is 1. The highest BCUT2D eigenvalue weighted by atomic mass is 32.2. The molecule has 0 radical (unpaired) electrons. The van der Waals surface area contributed by atoms with E-state index in [9.17, 15) is 13.2 Å². The molecule has 6 nitrogen and oxygen atoms in total. The number of carbonyl (C=O) groups excluding carboxylic acids is 1. The fourth-order valence-corrected chi connectivity index (χ4v) is 3.32. The van der Waals surface area contributed by atoms with Crippen LogP contribution >= 0.6 is 11.3 Å². The summed E-state index contributed by atoms with van der Waals surface area (Å²) in [5, 5.41) is 8.66. The van der Waals surface area contributed by atoms with Crippen LogP contribution in [0.15, 0.2) is 29.3 Å². The summed E-state index contributed by atoms with van der Waals surface area (Å²) in [7, 11) is -3.82. The molecule has 1 aromatic carbocycles. The lowest BCUT2D eigenvalue weighted by molar-refractivity contribution is 0.103. The molecule has 0 unspecified atom stereocenters. The van der Waals surface area contributed by atoms with Crippen LogP contribution in [0.25, 0.3) is 0 Å². The van der Waals surface area contributed by atoms with Gasteiger partial charge in [-0.05, 0) is 31.0 Å². The van der Waals surface area contributed by atoms with Gasteiger partial charge in [0.15, 0.2) is 0 Å². The molecular weight excluding hydrogens is 310 g/mol. The lowest BCUT2D eigenvalue weighted by Crippen LogP contribution is -2.15. The van der Waals surface area contributed by atoms with E-state index in [0.717, 1.165) is 11.4 Å². The van der Waals surface area contributed by atoms with E-state index in [1.54, 1.807) is 19.1 Å². The summed E-state index contributed by atoms with van der Waals surface area (Å²) in [5.74, 6) is -0.323. The summed E-state index contributed by atoms with van der Waals surface area (Å²) in [5.41, 5.74) is 0.905. The molecule has 0 atom stereocenters. The molecule has 1 amide bonds. The third-order valence-corrected chi connectivity index (χ3v) is 5.03. The number of hydrogen-bond acceptors (Lipinski definition) is 5. The highest BCUT2D eigenvalue weighted by Gasteiger charge is 2.14. The first-order chi connectivity index (χ1) is 9.81. The first-order valence-corrected chi connectivity index (χ1v) is 8.57. The van der Waals surface area contributed by atoms with E-state index in [4.69, 9.17) is 5.14 Å². The molecule has 0 saturated heterocycles. The number of carbonyl (C=O) groups is 1. The molecule has 2 rings (SSSR count). The lowest BCUT2D eigenvalue weighted by Gasteiger charge is -2.08. The highest BCUT2D eigenvalue weighted by Crippen LogP contribution is 2.21. The van der Waals surface area contributed by atoms with E-state index < -0.39 is 10.0 Å². The third kappa shape index (κ3) is 3.66. The topological polar surface area (TPSA) is 102 Å². The average molecular weight is 325 g/mol. The van der Waals surface area contributed by atoms with Gasteiger partial charge in [-0.3, -0.25) is 4.79 Å². The summed E-state index contributed by atoms with van der Waals surface area (Å²) in [6.45, 7) is 3.60. The molecule has 0 aliphatic carbocycles. The van der Waals surface area contributed by atoms with Gasteiger partial charge in [0.2, 0.25) is 10.0 Å². The van der Waals surface area contributed by atoms with Crippen LogP contribution in [-0.4, -0.2) is 19.3 Å². The van der Waals surface area contributed by atoms with E-state index >= 15 is 0 Å². The van der Waals surface area contributed by atoms with Crippen molar-refractivity contribution < 1.29 is 13.2 Å². The second-order valence-electron chi connectivity index (χ2n) is 4.45. The number of nitrogens with one attached hydrogen (secondary N) is 1. The number of benzene rings is 1. The zero-order chi connectivity index (χ0) is 15.6. The van der Waals surface area contributed by atoms with Gasteiger partial charge in [0.1, 0.15) is 4.88 Å². The molecule has 1 aromatic heterocycles. The number of aromatic nitrogens is 1. The van der Waals surface area contributed by atoms with Crippen molar-refractivity contribution in [3.8, 4) is 0 Å². The van der Waals surface area contributed by atoms with Crippen molar-refractivity contribution in [1.29, 1.82) is 0 Å². The summed E-state index contributed by atoms with van der Waals surface area (Å²) in [4.78, 5) is 16.7. The van der Waals surface area contributed by atoms with Crippen molar-refractivity contribution in [2.24, 2.45) is 5.14 Å². The fraction of sp³-hybridized carbons (Fsp3) is 0.231. The van der Waals surface area contributed by atoms with Gasteiger partial charge < -0.3 is 5.32 Å². The Kier molecular flexibility index (Phi) is 4.40. The maximum absolute atomic E-state index is 12.1. The van der Waals surface area contributed by atoms with Crippen LogP contribution in [0.3, 0.4) is 0 Å². The van der Waals surface area contributed by atoms with Gasteiger partial charge >= 0.3 is 0 Å². The van der Waals surface area contributed by atoms with Crippen molar-refractivity contribution in [2.75, 3.05) is 5.32 Å². The number of primary sulfonamides is 1. The fourth-order valence-electron chi connectivity index (χ4n) is 1.76. The molecule has 0 spiro atoms. The number of sulfonamides is 1. The molecular formula is C13H15N3O3S2. The third-order valence-electron chi connectivity index (χ3n) is 2.83. The molecule has 1 heterocycles. The summed E-state index contributed by atoms with van der Waals surface area (Å²) in [6.07, 6.45) is 2.27. The number of aryl methyl sites for hydroxylation is 2. The number of nitrogens with zero attached hydrogens (tertiary/aromatic N) is 1. The Hall–Kier alpha value is -1.77. The average Bonchev–Trinajstić information content (AvgIpc) is 2.88. The van der Waals surface area contributed by atoms with Crippen LogP contribution < -0.4 is 10.5 Å². The first kappa shape index (κ1) is 15.6. The van der Waals surface area contributed by atoms with E-state index in [-0.39, 0.29) is 10.8 Å². The molecule has 0 bridgehead atoms. The van der Waals surface area contributed by atoms with Crippen LogP contribution in [0, 0.1) is 6.92 Å². The maximum Gasteiger partial charge on any atom is 0.267 e. The van der Waals surface area contributed by atoms with Gasteiger partial charge in [-0.1, -0.05) is 13.0 Å². The second kappa shape index (κ2) is 5.92. The SMILES string of the molecule is CCc1ncc(C(=O)Nc2ccc(C)c(S(N)(=O)=O)c2)s1. The van der Waals surface area contributed by atoms with Crippen LogP contribution in [0.1, 0.15) is 27.2 Å². The van der Waals surface area contributed by atoms with Crippen LogP contribution in [0.4, 0.5) is 5.69 Å². The van der Waals surface area contributed by atoms with Gasteiger partial charge in [-0.15, -0.1) is 11.3 Å². The molecule has 21 heavy (non-hydrogen) atoms. The van der Waals surface area contributed by atoms with Crippen LogP contribution in [0.5, 0.6) is 0 Å². The molecule has 8 heteroatoms. The normalized spacial score (nSPS) is 11.4. The first-order valence-electron chi connectivity index (χ1n) is 6.20.